The molecule has 1 aromatic heterocycles. The topological polar surface area (TPSA) is 104 Å². The fourth-order valence-electron chi connectivity index (χ4n) is 2.75. The lowest BCUT2D eigenvalue weighted by molar-refractivity contribution is 0.100. The molecule has 0 atom stereocenters. The van der Waals surface area contributed by atoms with E-state index in [2.05, 4.69) is 30.9 Å². The number of aromatic nitrogens is 2. The normalized spacial score (nSPS) is 12.9. The van der Waals surface area contributed by atoms with Gasteiger partial charge in [-0.25, -0.2) is 4.98 Å². The van der Waals surface area contributed by atoms with Crippen LogP contribution in [0.3, 0.4) is 0 Å². The number of benzene rings is 2. The standard InChI is InChI=1S/C20H19BrN4O2/c1-11(12-4-3-5-14(21)8-12)18(26)10-17(23-2)20-24-15-7-6-13(19(22)27)9-16(15)25-20/h3-9,26H,10H2,1-2H3,(H2,22,27)(H,24,25)/b18-11-,23-17?. The molecular weight excluding hydrogens is 408 g/mol. The lowest BCUT2D eigenvalue weighted by Gasteiger charge is -2.08. The highest BCUT2D eigenvalue weighted by Gasteiger charge is 2.14. The number of allylic oxidation sites excluding steroid dienone is 2. The van der Waals surface area contributed by atoms with E-state index in [1.54, 1.807) is 25.2 Å². The SMILES string of the molecule is CN=C(C/C(O)=C(\C)c1cccc(Br)c1)c1nc2ccc(C(N)=O)cc2[nH]1. The lowest BCUT2D eigenvalue weighted by Crippen LogP contribution is -2.10. The van der Waals surface area contributed by atoms with Crippen molar-refractivity contribution in [3.63, 3.8) is 0 Å². The molecule has 0 bridgehead atoms. The molecular formula is C20H19BrN4O2. The molecule has 6 nitrogen and oxygen atoms in total. The van der Waals surface area contributed by atoms with Gasteiger partial charge in [0.1, 0.15) is 5.76 Å². The average Bonchev–Trinajstić information content (AvgIpc) is 3.08. The molecule has 3 aromatic rings. The van der Waals surface area contributed by atoms with E-state index in [0.717, 1.165) is 15.6 Å². The number of amides is 1. The number of H-pyrrole nitrogens is 1. The predicted octanol–water partition coefficient (Wildman–Crippen LogP) is 4.22. The number of hydrogen-bond donors (Lipinski definition) is 3. The summed E-state index contributed by atoms with van der Waals surface area (Å²) in [6.07, 6.45) is 0.233. The van der Waals surface area contributed by atoms with Gasteiger partial charge in [-0.1, -0.05) is 28.1 Å². The Balaban J connectivity index is 1.92. The van der Waals surface area contributed by atoms with Gasteiger partial charge in [0.15, 0.2) is 5.82 Å². The summed E-state index contributed by atoms with van der Waals surface area (Å²) in [6.45, 7) is 1.86. The second-order valence-corrected chi connectivity index (χ2v) is 7.03. The fourth-order valence-corrected chi connectivity index (χ4v) is 3.15. The van der Waals surface area contributed by atoms with Crippen molar-refractivity contribution < 1.29 is 9.90 Å². The van der Waals surface area contributed by atoms with E-state index in [0.29, 0.717) is 28.1 Å². The Morgan fingerprint density at radius 2 is 2.04 bits per heavy atom. The van der Waals surface area contributed by atoms with Gasteiger partial charge in [0.25, 0.3) is 0 Å². The number of aliphatic hydroxyl groups is 1. The molecule has 0 spiro atoms. The molecule has 0 aliphatic heterocycles. The molecule has 2 aromatic carbocycles. The molecule has 1 heterocycles. The number of aromatic amines is 1. The van der Waals surface area contributed by atoms with Gasteiger partial charge in [-0.3, -0.25) is 9.79 Å². The van der Waals surface area contributed by atoms with Crippen molar-refractivity contribution in [2.75, 3.05) is 7.05 Å². The smallest absolute Gasteiger partial charge is 0.248 e. The number of aliphatic imine (C=N–C) groups is 1. The second kappa shape index (κ2) is 7.75. The number of nitrogens with one attached hydrogen (secondary N) is 1. The van der Waals surface area contributed by atoms with Crippen LogP contribution in [0, 0.1) is 0 Å². The molecule has 1 amide bonds. The van der Waals surface area contributed by atoms with Gasteiger partial charge in [-0.05, 0) is 48.4 Å². The van der Waals surface area contributed by atoms with E-state index in [1.165, 1.54) is 0 Å². The lowest BCUT2D eigenvalue weighted by atomic mass is 10.0. The number of rotatable bonds is 5. The van der Waals surface area contributed by atoms with Gasteiger partial charge in [0, 0.05) is 17.1 Å². The number of fused-ring (bicyclic) bond motifs is 1. The van der Waals surface area contributed by atoms with Gasteiger partial charge in [-0.15, -0.1) is 0 Å². The minimum atomic E-state index is -0.498. The summed E-state index contributed by atoms with van der Waals surface area (Å²) in [4.78, 5) is 23.3. The third-order valence-electron chi connectivity index (χ3n) is 4.34. The Bertz CT molecular complexity index is 1080. The largest absolute Gasteiger partial charge is 0.512 e. The number of carbonyl (C=O) groups excluding carboxylic acids is 1. The maximum absolute atomic E-state index is 11.3. The van der Waals surface area contributed by atoms with Crippen LogP contribution in [-0.4, -0.2) is 33.7 Å². The second-order valence-electron chi connectivity index (χ2n) is 6.11. The highest BCUT2D eigenvalue weighted by Crippen LogP contribution is 2.23. The third kappa shape index (κ3) is 4.09. The molecule has 27 heavy (non-hydrogen) atoms. The van der Waals surface area contributed by atoms with Gasteiger partial charge in [0.2, 0.25) is 5.91 Å². The Morgan fingerprint density at radius 1 is 1.26 bits per heavy atom. The first-order chi connectivity index (χ1) is 12.9. The molecule has 138 valence electrons. The van der Waals surface area contributed by atoms with Crippen LogP contribution in [0.2, 0.25) is 0 Å². The number of carbonyl (C=O) groups is 1. The Morgan fingerprint density at radius 3 is 2.70 bits per heavy atom. The molecule has 7 heteroatoms. The summed E-state index contributed by atoms with van der Waals surface area (Å²) in [5.41, 5.74) is 9.42. The van der Waals surface area contributed by atoms with E-state index < -0.39 is 5.91 Å². The number of nitrogens with zero attached hydrogens (tertiary/aromatic N) is 2. The molecule has 0 saturated carbocycles. The minimum absolute atomic E-state index is 0.215. The first-order valence-corrected chi connectivity index (χ1v) is 9.08. The van der Waals surface area contributed by atoms with Crippen LogP contribution in [0.15, 0.2) is 57.7 Å². The first kappa shape index (κ1) is 18.8. The van der Waals surface area contributed by atoms with E-state index in [9.17, 15) is 9.90 Å². The zero-order valence-corrected chi connectivity index (χ0v) is 16.5. The first-order valence-electron chi connectivity index (χ1n) is 8.29. The van der Waals surface area contributed by atoms with Crippen molar-refractivity contribution in [1.82, 2.24) is 9.97 Å². The summed E-state index contributed by atoms with van der Waals surface area (Å²) in [6, 6.07) is 12.7. The van der Waals surface area contributed by atoms with Crippen molar-refractivity contribution in [3.8, 4) is 0 Å². The number of primary amides is 1. The number of imidazole rings is 1. The van der Waals surface area contributed by atoms with Gasteiger partial charge in [0.05, 0.1) is 23.2 Å². The molecule has 0 radical (unpaired) electrons. The number of nitrogens with two attached hydrogens (primary N) is 1. The van der Waals surface area contributed by atoms with Crippen LogP contribution in [0.5, 0.6) is 0 Å². The maximum Gasteiger partial charge on any atom is 0.248 e. The molecule has 0 unspecified atom stereocenters. The molecule has 0 aliphatic carbocycles. The van der Waals surface area contributed by atoms with Gasteiger partial charge >= 0.3 is 0 Å². The van der Waals surface area contributed by atoms with Crippen LogP contribution >= 0.6 is 15.9 Å². The van der Waals surface area contributed by atoms with Gasteiger partial charge in [-0.2, -0.15) is 0 Å². The van der Waals surface area contributed by atoms with Crippen LogP contribution in [-0.2, 0) is 0 Å². The molecule has 0 fully saturated rings. The molecule has 3 rings (SSSR count). The van der Waals surface area contributed by atoms with E-state index in [1.807, 2.05) is 31.2 Å². The van der Waals surface area contributed by atoms with Crippen LogP contribution < -0.4 is 5.73 Å². The van der Waals surface area contributed by atoms with E-state index in [4.69, 9.17) is 5.73 Å². The molecule has 4 N–H and O–H groups in total. The summed E-state index contributed by atoms with van der Waals surface area (Å²) < 4.78 is 0.944. The van der Waals surface area contributed by atoms with Crippen molar-refractivity contribution in [2.45, 2.75) is 13.3 Å². The monoisotopic (exact) mass is 426 g/mol. The zero-order valence-electron chi connectivity index (χ0n) is 15.0. The Hall–Kier alpha value is -2.93. The van der Waals surface area contributed by atoms with E-state index in [-0.39, 0.29) is 12.2 Å². The summed E-state index contributed by atoms with van der Waals surface area (Å²) in [5.74, 6) is 0.261. The van der Waals surface area contributed by atoms with Crippen molar-refractivity contribution in [2.24, 2.45) is 10.7 Å². The van der Waals surface area contributed by atoms with Crippen molar-refractivity contribution in [1.29, 1.82) is 0 Å². The maximum atomic E-state index is 11.3. The summed E-state index contributed by atoms with van der Waals surface area (Å²) >= 11 is 3.44. The number of halogens is 1. The molecule has 0 aliphatic rings. The van der Waals surface area contributed by atoms with Crippen molar-refractivity contribution >= 4 is 44.2 Å². The Labute approximate surface area is 165 Å². The van der Waals surface area contributed by atoms with Crippen LogP contribution in [0.25, 0.3) is 16.6 Å². The van der Waals surface area contributed by atoms with E-state index >= 15 is 0 Å². The highest BCUT2D eigenvalue weighted by atomic mass is 79.9. The predicted molar refractivity (Wildman–Crippen MR) is 111 cm³/mol. The fraction of sp³-hybridized carbons (Fsp3) is 0.150. The third-order valence-corrected chi connectivity index (χ3v) is 4.83. The van der Waals surface area contributed by atoms with Gasteiger partial charge < -0.3 is 15.8 Å². The quantitative estimate of drug-likeness (QED) is 0.419. The highest BCUT2D eigenvalue weighted by molar-refractivity contribution is 9.10. The average molecular weight is 427 g/mol. The van der Waals surface area contributed by atoms with Crippen molar-refractivity contribution in [3.05, 3.63) is 69.6 Å². The minimum Gasteiger partial charge on any atom is -0.512 e. The molecule has 0 saturated heterocycles. The Kier molecular flexibility index (Phi) is 5.41. The number of hydrogen-bond acceptors (Lipinski definition) is 4. The summed E-state index contributed by atoms with van der Waals surface area (Å²) in [5, 5.41) is 10.6. The van der Waals surface area contributed by atoms with Crippen LogP contribution in [0.4, 0.5) is 0 Å². The van der Waals surface area contributed by atoms with Crippen LogP contribution in [0.1, 0.15) is 35.1 Å². The number of aliphatic hydroxyl groups excluding tert-OH is 1. The summed E-state index contributed by atoms with van der Waals surface area (Å²) in [7, 11) is 1.65. The zero-order chi connectivity index (χ0) is 19.6.